The molecule has 0 bridgehead atoms. The molecule has 0 saturated carbocycles. The number of amides is 3. The molecule has 1 heterocycles. The van der Waals surface area contributed by atoms with Gasteiger partial charge in [-0.15, -0.1) is 0 Å². The Bertz CT molecular complexity index is 227. The Kier molecular flexibility index (Phi) is 2.75. The zero-order valence-electron chi connectivity index (χ0n) is 8.20. The molecule has 1 saturated heterocycles. The monoisotopic (exact) mass is 185 g/mol. The Hall–Kier alpha value is -1.26. The minimum Gasteiger partial charge on any atom is -0.344 e. The first kappa shape index (κ1) is 9.83. The fourth-order valence-corrected chi connectivity index (χ4v) is 1.23. The topological polar surface area (TPSA) is 52.7 Å². The maximum absolute atomic E-state index is 11.4. The Morgan fingerprint density at radius 1 is 1.62 bits per heavy atom. The molecule has 5 nitrogen and oxygen atoms in total. The van der Waals surface area contributed by atoms with Crippen LogP contribution in [0.1, 0.15) is 6.42 Å². The van der Waals surface area contributed by atoms with Gasteiger partial charge in [-0.05, 0) is 6.42 Å². The Morgan fingerprint density at radius 2 is 2.23 bits per heavy atom. The van der Waals surface area contributed by atoms with Crippen LogP contribution in [0.3, 0.4) is 0 Å². The van der Waals surface area contributed by atoms with Gasteiger partial charge in [-0.25, -0.2) is 4.79 Å². The second-order valence-corrected chi connectivity index (χ2v) is 3.44. The average Bonchev–Trinajstić information content (AvgIpc) is 2.36. The summed E-state index contributed by atoms with van der Waals surface area (Å²) in [4.78, 5) is 25.6. The van der Waals surface area contributed by atoms with Gasteiger partial charge in [-0.3, -0.25) is 4.79 Å². The van der Waals surface area contributed by atoms with Gasteiger partial charge in [-0.2, -0.15) is 0 Å². The highest BCUT2D eigenvalue weighted by Gasteiger charge is 2.30. The molecule has 1 rings (SSSR count). The van der Waals surface area contributed by atoms with Crippen molar-refractivity contribution in [1.29, 1.82) is 0 Å². The predicted octanol–water partition coefficient (Wildman–Crippen LogP) is -0.512. The maximum atomic E-state index is 11.4. The van der Waals surface area contributed by atoms with Crippen LogP contribution in [0.5, 0.6) is 0 Å². The molecule has 0 spiro atoms. The van der Waals surface area contributed by atoms with Crippen LogP contribution in [0.25, 0.3) is 0 Å². The highest BCUT2D eigenvalue weighted by Crippen LogP contribution is 2.08. The average molecular weight is 185 g/mol. The number of carbonyl (C=O) groups is 2. The number of likely N-dealkylation sites (tertiary alicyclic amines) is 1. The van der Waals surface area contributed by atoms with E-state index in [9.17, 15) is 9.59 Å². The highest BCUT2D eigenvalue weighted by molar-refractivity contribution is 5.88. The van der Waals surface area contributed by atoms with E-state index in [1.54, 1.807) is 26.0 Å². The molecule has 13 heavy (non-hydrogen) atoms. The van der Waals surface area contributed by atoms with Crippen LogP contribution in [-0.2, 0) is 4.79 Å². The smallest absolute Gasteiger partial charge is 0.317 e. The van der Waals surface area contributed by atoms with Crippen molar-refractivity contribution in [2.45, 2.75) is 12.5 Å². The van der Waals surface area contributed by atoms with Crippen molar-refractivity contribution in [3.05, 3.63) is 0 Å². The fourth-order valence-electron chi connectivity index (χ4n) is 1.23. The summed E-state index contributed by atoms with van der Waals surface area (Å²) in [5.41, 5.74) is 0. The summed E-state index contributed by atoms with van der Waals surface area (Å²) in [5, 5.41) is 2.65. The molecule has 0 radical (unpaired) electrons. The minimum atomic E-state index is -0.333. The second-order valence-electron chi connectivity index (χ2n) is 3.44. The quantitative estimate of drug-likeness (QED) is 0.598. The SMILES string of the molecule is CN(C)C(=O)NC1CCN(C)C1=O. The van der Waals surface area contributed by atoms with E-state index >= 15 is 0 Å². The van der Waals surface area contributed by atoms with Gasteiger partial charge in [-0.1, -0.05) is 0 Å². The van der Waals surface area contributed by atoms with Crippen molar-refractivity contribution >= 4 is 11.9 Å². The summed E-state index contributed by atoms with van der Waals surface area (Å²) in [6.07, 6.45) is 0.703. The van der Waals surface area contributed by atoms with Crippen LogP contribution in [0.15, 0.2) is 0 Å². The minimum absolute atomic E-state index is 0.00444. The lowest BCUT2D eigenvalue weighted by molar-refractivity contribution is -0.128. The Morgan fingerprint density at radius 3 is 2.62 bits per heavy atom. The molecular weight excluding hydrogens is 170 g/mol. The zero-order valence-corrected chi connectivity index (χ0v) is 8.20. The summed E-state index contributed by atoms with van der Waals surface area (Å²) in [6.45, 7) is 0.719. The van der Waals surface area contributed by atoms with Crippen LogP contribution >= 0.6 is 0 Å². The highest BCUT2D eigenvalue weighted by atomic mass is 16.2. The van der Waals surface area contributed by atoms with E-state index in [-0.39, 0.29) is 18.0 Å². The molecule has 0 aromatic heterocycles. The van der Waals surface area contributed by atoms with E-state index in [1.165, 1.54) is 4.90 Å². The first-order valence-electron chi connectivity index (χ1n) is 4.25. The standard InChI is InChI=1S/C8H15N3O2/c1-10(2)8(13)9-6-4-5-11(3)7(6)12/h6H,4-5H2,1-3H3,(H,9,13). The molecule has 1 fully saturated rings. The lowest BCUT2D eigenvalue weighted by atomic mass is 10.2. The number of likely N-dealkylation sites (N-methyl/N-ethyl adjacent to an activating group) is 1. The lowest BCUT2D eigenvalue weighted by Gasteiger charge is -2.16. The summed E-state index contributed by atoms with van der Waals surface area (Å²) < 4.78 is 0. The third-order valence-corrected chi connectivity index (χ3v) is 2.13. The summed E-state index contributed by atoms with van der Waals surface area (Å²) in [7, 11) is 5.04. The maximum Gasteiger partial charge on any atom is 0.317 e. The molecule has 74 valence electrons. The van der Waals surface area contributed by atoms with Gasteiger partial charge in [0, 0.05) is 27.7 Å². The number of urea groups is 1. The van der Waals surface area contributed by atoms with Gasteiger partial charge in [0.1, 0.15) is 6.04 Å². The number of hydrogen-bond donors (Lipinski definition) is 1. The van der Waals surface area contributed by atoms with Crippen LogP contribution in [0, 0.1) is 0 Å². The van der Waals surface area contributed by atoms with E-state index in [0.717, 1.165) is 6.54 Å². The summed E-state index contributed by atoms with van der Waals surface area (Å²) >= 11 is 0. The molecule has 1 atom stereocenters. The van der Waals surface area contributed by atoms with Crippen molar-refractivity contribution in [2.24, 2.45) is 0 Å². The molecule has 0 aromatic rings. The van der Waals surface area contributed by atoms with E-state index in [0.29, 0.717) is 6.42 Å². The predicted molar refractivity (Wildman–Crippen MR) is 48.3 cm³/mol. The van der Waals surface area contributed by atoms with Gasteiger partial charge >= 0.3 is 6.03 Å². The van der Waals surface area contributed by atoms with Crippen LogP contribution in [0.4, 0.5) is 4.79 Å². The summed E-state index contributed by atoms with van der Waals surface area (Å²) in [5.74, 6) is -0.00444. The molecule has 1 aliphatic heterocycles. The van der Waals surface area contributed by atoms with Crippen molar-refractivity contribution in [1.82, 2.24) is 15.1 Å². The molecule has 0 aromatic carbocycles. The molecule has 1 unspecified atom stereocenters. The Balaban J connectivity index is 2.47. The molecule has 1 N–H and O–H groups in total. The molecule has 0 aliphatic carbocycles. The van der Waals surface area contributed by atoms with E-state index in [1.807, 2.05) is 0 Å². The van der Waals surface area contributed by atoms with E-state index < -0.39 is 0 Å². The van der Waals surface area contributed by atoms with Crippen molar-refractivity contribution < 1.29 is 9.59 Å². The third kappa shape index (κ3) is 2.11. The molecule has 3 amide bonds. The lowest BCUT2D eigenvalue weighted by Crippen LogP contribution is -2.45. The Labute approximate surface area is 77.7 Å². The first-order valence-corrected chi connectivity index (χ1v) is 4.25. The van der Waals surface area contributed by atoms with Crippen molar-refractivity contribution in [3.63, 3.8) is 0 Å². The third-order valence-electron chi connectivity index (χ3n) is 2.13. The van der Waals surface area contributed by atoms with Crippen molar-refractivity contribution in [3.8, 4) is 0 Å². The van der Waals surface area contributed by atoms with Crippen LogP contribution < -0.4 is 5.32 Å². The fraction of sp³-hybridized carbons (Fsp3) is 0.750. The number of rotatable bonds is 1. The van der Waals surface area contributed by atoms with Gasteiger partial charge in [0.15, 0.2) is 0 Å². The van der Waals surface area contributed by atoms with Gasteiger partial charge < -0.3 is 15.1 Å². The first-order chi connectivity index (χ1) is 6.02. The van der Waals surface area contributed by atoms with Gasteiger partial charge in [0.05, 0.1) is 0 Å². The van der Waals surface area contributed by atoms with Crippen molar-refractivity contribution in [2.75, 3.05) is 27.7 Å². The molecule has 5 heteroatoms. The molecule has 1 aliphatic rings. The van der Waals surface area contributed by atoms with Gasteiger partial charge in [0.2, 0.25) is 5.91 Å². The van der Waals surface area contributed by atoms with E-state index in [4.69, 9.17) is 0 Å². The van der Waals surface area contributed by atoms with Gasteiger partial charge in [0.25, 0.3) is 0 Å². The number of carbonyl (C=O) groups excluding carboxylic acids is 2. The second kappa shape index (κ2) is 3.64. The zero-order chi connectivity index (χ0) is 10.0. The number of hydrogen-bond acceptors (Lipinski definition) is 2. The van der Waals surface area contributed by atoms with E-state index in [2.05, 4.69) is 5.32 Å². The number of nitrogens with one attached hydrogen (secondary N) is 1. The molecular formula is C8H15N3O2. The van der Waals surface area contributed by atoms with Crippen LogP contribution in [0.2, 0.25) is 0 Å². The summed E-state index contributed by atoms with van der Waals surface area (Å²) in [6, 6.07) is -0.548. The normalized spacial score (nSPS) is 21.9. The number of nitrogens with zero attached hydrogens (tertiary/aromatic N) is 2. The largest absolute Gasteiger partial charge is 0.344 e. The van der Waals surface area contributed by atoms with Crippen LogP contribution in [-0.4, -0.2) is 55.5 Å².